The Labute approximate surface area is 163 Å². The van der Waals surface area contributed by atoms with E-state index in [2.05, 4.69) is 32.7 Å². The number of ether oxygens (including phenoxy) is 1. The van der Waals surface area contributed by atoms with Crippen molar-refractivity contribution in [1.82, 2.24) is 9.97 Å². The van der Waals surface area contributed by atoms with E-state index in [0.29, 0.717) is 18.3 Å². The Kier molecular flexibility index (Phi) is 5.12. The van der Waals surface area contributed by atoms with Crippen LogP contribution in [0.1, 0.15) is 22.6 Å². The fourth-order valence-corrected chi connectivity index (χ4v) is 3.49. The summed E-state index contributed by atoms with van der Waals surface area (Å²) >= 11 is 5.93. The molecule has 0 saturated heterocycles. The summed E-state index contributed by atoms with van der Waals surface area (Å²) in [6.07, 6.45) is 2.68. The van der Waals surface area contributed by atoms with Gasteiger partial charge >= 0.3 is 0 Å². The van der Waals surface area contributed by atoms with Crippen LogP contribution in [0.4, 0.5) is 11.6 Å². The summed E-state index contributed by atoms with van der Waals surface area (Å²) in [4.78, 5) is 9.02. The lowest BCUT2D eigenvalue weighted by atomic mass is 9.95. The van der Waals surface area contributed by atoms with Gasteiger partial charge in [-0.05, 0) is 47.9 Å². The van der Waals surface area contributed by atoms with Crippen LogP contribution < -0.4 is 15.4 Å². The lowest BCUT2D eigenvalue weighted by Crippen LogP contribution is -2.08. The summed E-state index contributed by atoms with van der Waals surface area (Å²) in [5.74, 6) is 2.80. The van der Waals surface area contributed by atoms with Gasteiger partial charge in [0.05, 0.1) is 7.11 Å². The molecule has 3 heterocycles. The third-order valence-electron chi connectivity index (χ3n) is 4.78. The Bertz CT molecular complexity index is 930. The average Bonchev–Trinajstić information content (AvgIpc) is 3.11. The molecule has 1 atom stereocenters. The molecule has 4 rings (SSSR count). The zero-order chi connectivity index (χ0) is 18.6. The van der Waals surface area contributed by atoms with Gasteiger partial charge in [-0.25, -0.2) is 4.98 Å². The third kappa shape index (κ3) is 3.98. The number of hydrogen-bond acceptors (Lipinski definition) is 5. The van der Waals surface area contributed by atoms with Crippen molar-refractivity contribution in [2.45, 2.75) is 18.9 Å². The van der Waals surface area contributed by atoms with Crippen LogP contribution in [0.25, 0.3) is 0 Å². The van der Waals surface area contributed by atoms with Gasteiger partial charge in [-0.3, -0.25) is 0 Å². The second kappa shape index (κ2) is 7.84. The first-order valence-electron chi connectivity index (χ1n) is 8.94. The van der Waals surface area contributed by atoms with Gasteiger partial charge < -0.3 is 15.4 Å². The van der Waals surface area contributed by atoms with Crippen LogP contribution >= 0.6 is 11.6 Å². The highest BCUT2D eigenvalue weighted by Gasteiger charge is 2.24. The Morgan fingerprint density at radius 3 is 2.85 bits per heavy atom. The maximum atomic E-state index is 5.93. The van der Waals surface area contributed by atoms with E-state index in [1.807, 2.05) is 42.6 Å². The molecule has 0 bridgehead atoms. The molecule has 1 aromatic carbocycles. The maximum Gasteiger partial charge on any atom is 0.218 e. The van der Waals surface area contributed by atoms with Gasteiger partial charge in [-0.2, -0.15) is 4.98 Å². The van der Waals surface area contributed by atoms with Gasteiger partial charge in [-0.1, -0.05) is 29.8 Å². The molecule has 0 fully saturated rings. The first-order chi connectivity index (χ1) is 13.2. The van der Waals surface area contributed by atoms with Crippen LogP contribution in [-0.2, 0) is 13.0 Å². The van der Waals surface area contributed by atoms with Gasteiger partial charge in [0.15, 0.2) is 0 Å². The quantitative estimate of drug-likeness (QED) is 0.659. The molecular weight excluding hydrogens is 360 g/mol. The van der Waals surface area contributed by atoms with Crippen molar-refractivity contribution in [3.8, 4) is 5.88 Å². The first-order valence-corrected chi connectivity index (χ1v) is 9.32. The van der Waals surface area contributed by atoms with Gasteiger partial charge in [0, 0.05) is 35.8 Å². The summed E-state index contributed by atoms with van der Waals surface area (Å²) in [5.41, 5.74) is 3.49. The van der Waals surface area contributed by atoms with Crippen LogP contribution in [0.3, 0.4) is 0 Å². The number of halogens is 1. The number of nitrogens with zero attached hydrogens (tertiary/aromatic N) is 2. The van der Waals surface area contributed by atoms with E-state index < -0.39 is 0 Å². The molecular formula is C21H21ClN4O. The molecule has 3 aromatic rings. The fraction of sp³-hybridized carbons (Fsp3) is 0.238. The van der Waals surface area contributed by atoms with Crippen molar-refractivity contribution in [2.24, 2.45) is 0 Å². The molecule has 0 radical (unpaired) electrons. The van der Waals surface area contributed by atoms with Crippen LogP contribution in [0.2, 0.25) is 5.02 Å². The normalized spacial score (nSPS) is 15.1. The van der Waals surface area contributed by atoms with Crippen molar-refractivity contribution in [3.05, 3.63) is 76.4 Å². The third-order valence-corrected chi connectivity index (χ3v) is 5.03. The molecule has 1 aliphatic rings. The first kappa shape index (κ1) is 17.6. The van der Waals surface area contributed by atoms with Crippen molar-refractivity contribution in [2.75, 3.05) is 24.3 Å². The standard InChI is InChI=1S/C21H21ClN4O/c1-27-21-15(11-16-13-25-20-18(16)3-2-10-23-20)6-9-19(26-21)24-12-14-4-7-17(22)8-5-14/h2-10,16H,11-13H2,1H3,(H,23,25)(H,24,26). The Morgan fingerprint density at radius 2 is 2.04 bits per heavy atom. The zero-order valence-electron chi connectivity index (χ0n) is 15.1. The van der Waals surface area contributed by atoms with E-state index >= 15 is 0 Å². The molecule has 6 heteroatoms. The fourth-order valence-electron chi connectivity index (χ4n) is 3.37. The minimum atomic E-state index is 0.372. The molecule has 0 amide bonds. The monoisotopic (exact) mass is 380 g/mol. The summed E-state index contributed by atoms with van der Waals surface area (Å²) < 4.78 is 5.55. The number of benzene rings is 1. The van der Waals surface area contributed by atoms with Crippen molar-refractivity contribution < 1.29 is 4.74 Å². The predicted molar refractivity (Wildman–Crippen MR) is 109 cm³/mol. The lowest BCUT2D eigenvalue weighted by Gasteiger charge is -2.14. The zero-order valence-corrected chi connectivity index (χ0v) is 15.8. The van der Waals surface area contributed by atoms with Gasteiger partial charge in [0.1, 0.15) is 11.6 Å². The molecule has 2 aromatic heterocycles. The van der Waals surface area contributed by atoms with E-state index in [4.69, 9.17) is 16.3 Å². The molecule has 138 valence electrons. The largest absolute Gasteiger partial charge is 0.481 e. The Morgan fingerprint density at radius 1 is 1.19 bits per heavy atom. The van der Waals surface area contributed by atoms with Gasteiger partial charge in [-0.15, -0.1) is 0 Å². The van der Waals surface area contributed by atoms with Gasteiger partial charge in [0.2, 0.25) is 5.88 Å². The number of rotatable bonds is 6. The van der Waals surface area contributed by atoms with Crippen LogP contribution in [-0.4, -0.2) is 23.6 Å². The number of anilines is 2. The second-order valence-electron chi connectivity index (χ2n) is 6.57. The number of hydrogen-bond donors (Lipinski definition) is 2. The number of aromatic nitrogens is 2. The maximum absolute atomic E-state index is 5.93. The SMILES string of the molecule is COc1nc(NCc2ccc(Cl)cc2)ccc1CC1CNc2ncccc21. The van der Waals surface area contributed by atoms with Crippen LogP contribution in [0.5, 0.6) is 5.88 Å². The topological polar surface area (TPSA) is 59.1 Å². The van der Waals surface area contributed by atoms with Crippen molar-refractivity contribution in [1.29, 1.82) is 0 Å². The summed E-state index contributed by atoms with van der Waals surface area (Å²) in [7, 11) is 1.66. The van der Waals surface area contributed by atoms with E-state index in [0.717, 1.165) is 40.8 Å². The molecule has 1 aliphatic heterocycles. The van der Waals surface area contributed by atoms with Crippen LogP contribution in [0, 0.1) is 0 Å². The molecule has 27 heavy (non-hydrogen) atoms. The number of fused-ring (bicyclic) bond motifs is 1. The minimum Gasteiger partial charge on any atom is -0.481 e. The minimum absolute atomic E-state index is 0.372. The average molecular weight is 381 g/mol. The highest BCUT2D eigenvalue weighted by Crippen LogP contribution is 2.33. The summed E-state index contributed by atoms with van der Waals surface area (Å²) in [5, 5.41) is 7.44. The highest BCUT2D eigenvalue weighted by atomic mass is 35.5. The summed E-state index contributed by atoms with van der Waals surface area (Å²) in [6.45, 7) is 1.56. The molecule has 5 nitrogen and oxygen atoms in total. The Hall–Kier alpha value is -2.79. The molecule has 0 aliphatic carbocycles. The van der Waals surface area contributed by atoms with E-state index in [-0.39, 0.29) is 0 Å². The second-order valence-corrected chi connectivity index (χ2v) is 7.00. The van der Waals surface area contributed by atoms with E-state index in [1.165, 1.54) is 5.56 Å². The predicted octanol–water partition coefficient (Wildman–Crippen LogP) is 4.50. The smallest absolute Gasteiger partial charge is 0.218 e. The summed E-state index contributed by atoms with van der Waals surface area (Å²) in [6, 6.07) is 16.0. The molecule has 0 spiro atoms. The molecule has 0 saturated carbocycles. The van der Waals surface area contributed by atoms with E-state index in [9.17, 15) is 0 Å². The number of nitrogens with one attached hydrogen (secondary N) is 2. The molecule has 2 N–H and O–H groups in total. The molecule has 1 unspecified atom stereocenters. The highest BCUT2D eigenvalue weighted by molar-refractivity contribution is 6.30. The van der Waals surface area contributed by atoms with Crippen LogP contribution in [0.15, 0.2) is 54.7 Å². The Balaban J connectivity index is 1.46. The number of methoxy groups -OCH3 is 1. The van der Waals surface area contributed by atoms with Crippen molar-refractivity contribution >= 4 is 23.2 Å². The van der Waals surface area contributed by atoms with Gasteiger partial charge in [0.25, 0.3) is 0 Å². The van der Waals surface area contributed by atoms with Crippen molar-refractivity contribution in [3.63, 3.8) is 0 Å². The van der Waals surface area contributed by atoms with E-state index in [1.54, 1.807) is 7.11 Å². The lowest BCUT2D eigenvalue weighted by molar-refractivity contribution is 0.392. The number of pyridine rings is 2.